The van der Waals surface area contributed by atoms with Crippen molar-refractivity contribution in [3.8, 4) is 5.75 Å². The highest BCUT2D eigenvalue weighted by atomic mass is 16.6. The first-order chi connectivity index (χ1) is 20.0. The summed E-state index contributed by atoms with van der Waals surface area (Å²) >= 11 is 0. The number of phenolic OH excluding ortho intramolecular Hbond substituents is 1. The third-order valence-corrected chi connectivity index (χ3v) is 6.85. The fourth-order valence-electron chi connectivity index (χ4n) is 4.71. The molecule has 10 nitrogen and oxygen atoms in total. The summed E-state index contributed by atoms with van der Waals surface area (Å²) in [5, 5.41) is 15.4. The standard InChI is InChI=1S/C33H45N3O7/c1-21(34-31(41)43-33(5,6)7)29(39)36(24-14-11-15-24)27(23-16-18-25(37)19-17-23)28(38)35-26(30(40)42-32(2,3)4)20-22-12-9-8-10-13-22/h8-10,12-13,16-19,21,24,26-27,37H,11,14-15,20H2,1-7H3,(H,34,41)(H,35,38). The number of nitrogens with one attached hydrogen (secondary N) is 2. The zero-order valence-electron chi connectivity index (χ0n) is 26.2. The molecule has 0 aromatic heterocycles. The van der Waals surface area contributed by atoms with Crippen LogP contribution in [0.15, 0.2) is 54.6 Å². The molecule has 0 spiro atoms. The topological polar surface area (TPSA) is 134 Å². The Morgan fingerprint density at radius 1 is 0.884 bits per heavy atom. The highest BCUT2D eigenvalue weighted by Crippen LogP contribution is 2.34. The van der Waals surface area contributed by atoms with E-state index in [0.29, 0.717) is 18.4 Å². The minimum Gasteiger partial charge on any atom is -0.508 e. The van der Waals surface area contributed by atoms with E-state index in [1.54, 1.807) is 60.6 Å². The van der Waals surface area contributed by atoms with Gasteiger partial charge >= 0.3 is 12.1 Å². The van der Waals surface area contributed by atoms with Crippen molar-refractivity contribution in [2.45, 2.75) is 110 Å². The maximum absolute atomic E-state index is 14.2. The second-order valence-corrected chi connectivity index (χ2v) is 13.0. The van der Waals surface area contributed by atoms with Gasteiger partial charge in [-0.1, -0.05) is 42.5 Å². The zero-order chi connectivity index (χ0) is 31.9. The first-order valence-corrected chi connectivity index (χ1v) is 14.7. The number of rotatable bonds is 10. The molecule has 1 aliphatic rings. The van der Waals surface area contributed by atoms with Gasteiger partial charge < -0.3 is 30.1 Å². The molecule has 2 aromatic rings. The number of amides is 3. The molecule has 1 saturated carbocycles. The normalized spacial score (nSPS) is 15.7. The summed E-state index contributed by atoms with van der Waals surface area (Å²) in [6.07, 6.45) is 1.65. The van der Waals surface area contributed by atoms with Crippen molar-refractivity contribution in [1.82, 2.24) is 15.5 Å². The molecule has 1 fully saturated rings. The quantitative estimate of drug-likeness (QED) is 0.336. The van der Waals surface area contributed by atoms with E-state index in [9.17, 15) is 24.3 Å². The molecule has 234 valence electrons. The number of nitrogens with zero attached hydrogens (tertiary/aromatic N) is 1. The van der Waals surface area contributed by atoms with Crippen molar-refractivity contribution in [1.29, 1.82) is 0 Å². The van der Waals surface area contributed by atoms with Crippen molar-refractivity contribution >= 4 is 23.9 Å². The number of hydrogen-bond donors (Lipinski definition) is 3. The van der Waals surface area contributed by atoms with Crippen LogP contribution in [0, 0.1) is 0 Å². The van der Waals surface area contributed by atoms with Crippen LogP contribution in [0.1, 0.15) is 84.9 Å². The second kappa shape index (κ2) is 13.9. The van der Waals surface area contributed by atoms with Gasteiger partial charge in [-0.3, -0.25) is 9.59 Å². The van der Waals surface area contributed by atoms with Gasteiger partial charge in [0.15, 0.2) is 0 Å². The van der Waals surface area contributed by atoms with Gasteiger partial charge in [-0.05, 0) is 91.0 Å². The molecule has 0 bridgehead atoms. The van der Waals surface area contributed by atoms with Crippen LogP contribution in [-0.2, 0) is 30.3 Å². The fraction of sp³-hybridized carbons (Fsp3) is 0.515. The number of carbonyl (C=O) groups is 4. The Hall–Kier alpha value is -4.08. The summed E-state index contributed by atoms with van der Waals surface area (Å²) in [7, 11) is 0. The number of carbonyl (C=O) groups excluding carboxylic acids is 4. The first-order valence-electron chi connectivity index (χ1n) is 14.7. The third kappa shape index (κ3) is 10.0. The first kappa shape index (κ1) is 33.4. The molecule has 2 aromatic carbocycles. The average molecular weight is 596 g/mol. The van der Waals surface area contributed by atoms with Crippen LogP contribution < -0.4 is 10.6 Å². The molecular weight excluding hydrogens is 550 g/mol. The lowest BCUT2D eigenvalue weighted by Gasteiger charge is -2.43. The van der Waals surface area contributed by atoms with Gasteiger partial charge in [-0.2, -0.15) is 0 Å². The van der Waals surface area contributed by atoms with E-state index >= 15 is 0 Å². The Morgan fingerprint density at radius 2 is 1.47 bits per heavy atom. The Balaban J connectivity index is 1.98. The molecule has 3 unspecified atom stereocenters. The molecule has 0 saturated heterocycles. The predicted octanol–water partition coefficient (Wildman–Crippen LogP) is 4.80. The molecule has 3 N–H and O–H groups in total. The summed E-state index contributed by atoms with van der Waals surface area (Å²) in [5.74, 6) is -1.65. The smallest absolute Gasteiger partial charge is 0.408 e. The number of benzene rings is 2. The Labute approximate surface area is 254 Å². The largest absolute Gasteiger partial charge is 0.508 e. The van der Waals surface area contributed by atoms with Crippen LogP contribution >= 0.6 is 0 Å². The van der Waals surface area contributed by atoms with Crippen molar-refractivity contribution in [2.75, 3.05) is 0 Å². The van der Waals surface area contributed by atoms with Crippen molar-refractivity contribution in [3.05, 3.63) is 65.7 Å². The molecular formula is C33H45N3O7. The van der Waals surface area contributed by atoms with Gasteiger partial charge in [0.1, 0.15) is 35.1 Å². The van der Waals surface area contributed by atoms with E-state index in [1.165, 1.54) is 17.0 Å². The zero-order valence-corrected chi connectivity index (χ0v) is 26.2. The molecule has 0 aliphatic heterocycles. The SMILES string of the molecule is CC(NC(=O)OC(C)(C)C)C(=O)N(C1CCC1)C(C(=O)NC(Cc1ccccc1)C(=O)OC(C)(C)C)c1ccc(O)cc1. The lowest BCUT2D eigenvalue weighted by Crippen LogP contribution is -2.58. The van der Waals surface area contributed by atoms with E-state index in [-0.39, 0.29) is 18.2 Å². The molecule has 0 radical (unpaired) electrons. The minimum atomic E-state index is -1.15. The van der Waals surface area contributed by atoms with Gasteiger partial charge in [0.05, 0.1) is 0 Å². The van der Waals surface area contributed by atoms with Crippen molar-refractivity contribution < 1.29 is 33.8 Å². The van der Waals surface area contributed by atoms with Gasteiger partial charge in [0, 0.05) is 12.5 Å². The van der Waals surface area contributed by atoms with E-state index in [4.69, 9.17) is 9.47 Å². The summed E-state index contributed by atoms with van der Waals surface area (Å²) < 4.78 is 11.0. The number of phenols is 1. The number of ether oxygens (including phenoxy) is 2. The number of aromatic hydroxyl groups is 1. The van der Waals surface area contributed by atoms with Crippen LogP contribution in [0.3, 0.4) is 0 Å². The van der Waals surface area contributed by atoms with Gasteiger partial charge in [0.25, 0.3) is 0 Å². The molecule has 3 rings (SSSR count). The average Bonchev–Trinajstić information content (AvgIpc) is 2.86. The summed E-state index contributed by atoms with van der Waals surface area (Å²) in [5.41, 5.74) is -0.279. The Bertz CT molecular complexity index is 1260. The van der Waals surface area contributed by atoms with E-state index in [1.807, 2.05) is 30.3 Å². The van der Waals surface area contributed by atoms with E-state index < -0.39 is 53.2 Å². The minimum absolute atomic E-state index is 0.0000911. The Kier molecular flexibility index (Phi) is 10.8. The molecule has 10 heteroatoms. The van der Waals surface area contributed by atoms with E-state index in [0.717, 1.165) is 12.0 Å². The second-order valence-electron chi connectivity index (χ2n) is 13.0. The van der Waals surface area contributed by atoms with Crippen LogP contribution in [0.2, 0.25) is 0 Å². The number of alkyl carbamates (subject to hydrolysis) is 1. The molecule has 43 heavy (non-hydrogen) atoms. The van der Waals surface area contributed by atoms with Crippen LogP contribution in [0.5, 0.6) is 5.75 Å². The molecule has 3 atom stereocenters. The predicted molar refractivity (Wildman–Crippen MR) is 162 cm³/mol. The number of hydrogen-bond acceptors (Lipinski definition) is 7. The lowest BCUT2D eigenvalue weighted by molar-refractivity contribution is -0.159. The lowest BCUT2D eigenvalue weighted by atomic mass is 9.88. The third-order valence-electron chi connectivity index (χ3n) is 6.85. The van der Waals surface area contributed by atoms with Crippen molar-refractivity contribution in [3.63, 3.8) is 0 Å². The number of esters is 1. The van der Waals surface area contributed by atoms with Gasteiger partial charge in [-0.25, -0.2) is 9.59 Å². The van der Waals surface area contributed by atoms with Gasteiger partial charge in [-0.15, -0.1) is 0 Å². The molecule has 3 amide bonds. The van der Waals surface area contributed by atoms with Crippen LogP contribution in [-0.4, -0.2) is 63.2 Å². The highest BCUT2D eigenvalue weighted by molar-refractivity contribution is 5.94. The maximum Gasteiger partial charge on any atom is 0.408 e. The summed E-state index contributed by atoms with van der Waals surface area (Å²) in [6.45, 7) is 12.0. The molecule has 1 aliphatic carbocycles. The Morgan fingerprint density at radius 3 is 1.98 bits per heavy atom. The van der Waals surface area contributed by atoms with Gasteiger partial charge in [0.2, 0.25) is 11.8 Å². The monoisotopic (exact) mass is 595 g/mol. The maximum atomic E-state index is 14.2. The molecule has 0 heterocycles. The van der Waals surface area contributed by atoms with Crippen molar-refractivity contribution in [2.24, 2.45) is 0 Å². The summed E-state index contributed by atoms with van der Waals surface area (Å²) in [6, 6.07) is 11.8. The van der Waals surface area contributed by atoms with Crippen LogP contribution in [0.25, 0.3) is 0 Å². The highest BCUT2D eigenvalue weighted by Gasteiger charge is 2.42. The van der Waals surface area contributed by atoms with Crippen LogP contribution in [0.4, 0.5) is 4.79 Å². The summed E-state index contributed by atoms with van der Waals surface area (Å²) in [4.78, 5) is 55.6. The van der Waals surface area contributed by atoms with E-state index in [2.05, 4.69) is 10.6 Å². The fourth-order valence-corrected chi connectivity index (χ4v) is 4.71.